The van der Waals surface area contributed by atoms with Crippen LogP contribution in [0.1, 0.15) is 6.42 Å². The second kappa shape index (κ2) is 6.56. The van der Waals surface area contributed by atoms with E-state index in [9.17, 15) is 8.94 Å². The number of alkyl halides is 1. The van der Waals surface area contributed by atoms with Gasteiger partial charge in [-0.25, -0.2) is 4.98 Å². The van der Waals surface area contributed by atoms with Gasteiger partial charge in [-0.2, -0.15) is 0 Å². The van der Waals surface area contributed by atoms with E-state index in [1.807, 2.05) is 48.5 Å². The van der Waals surface area contributed by atoms with Crippen LogP contribution >= 0.6 is 11.3 Å². The highest BCUT2D eigenvalue weighted by Crippen LogP contribution is 2.30. The molecule has 2 nitrogen and oxygen atoms in total. The lowest BCUT2D eigenvalue weighted by Gasteiger charge is -2.05. The van der Waals surface area contributed by atoms with Gasteiger partial charge in [0, 0.05) is 23.4 Å². The smallest absolute Gasteiger partial charge is 0.209 e. The van der Waals surface area contributed by atoms with Crippen molar-refractivity contribution in [2.24, 2.45) is 0 Å². The molecule has 5 heteroatoms. The maximum Gasteiger partial charge on any atom is 0.209 e. The van der Waals surface area contributed by atoms with Crippen LogP contribution in [-0.2, 0) is 11.2 Å². The van der Waals surface area contributed by atoms with Gasteiger partial charge in [-0.3, -0.25) is 4.39 Å². The van der Waals surface area contributed by atoms with Gasteiger partial charge in [0.25, 0.3) is 0 Å². The lowest BCUT2D eigenvalue weighted by Crippen LogP contribution is -2.05. The Hall–Kier alpha value is -1.43. The van der Waals surface area contributed by atoms with Crippen molar-refractivity contribution in [3.05, 3.63) is 48.5 Å². The van der Waals surface area contributed by atoms with Crippen LogP contribution in [0.25, 0.3) is 21.5 Å². The molecule has 0 amide bonds. The summed E-state index contributed by atoms with van der Waals surface area (Å²) < 4.78 is 25.0. The van der Waals surface area contributed by atoms with Gasteiger partial charge in [0.15, 0.2) is 0 Å². The minimum atomic E-state index is -1.13. The van der Waals surface area contributed by atoms with Crippen molar-refractivity contribution in [3.8, 4) is 11.3 Å². The summed E-state index contributed by atoms with van der Waals surface area (Å²) in [4.78, 5) is 5.51. The van der Waals surface area contributed by atoms with E-state index in [1.54, 1.807) is 0 Å². The molecule has 0 spiro atoms. The van der Waals surface area contributed by atoms with Crippen LogP contribution in [0.15, 0.2) is 52.7 Å². The van der Waals surface area contributed by atoms with Crippen LogP contribution in [0.5, 0.6) is 0 Å². The second-order valence-electron chi connectivity index (χ2n) is 4.61. The summed E-state index contributed by atoms with van der Waals surface area (Å²) in [5, 5.41) is 0.989. The first-order valence-electron chi connectivity index (χ1n) is 6.68. The Bertz CT molecular complexity index is 729. The molecule has 0 saturated carbocycles. The quantitative estimate of drug-likeness (QED) is 0.652. The third kappa shape index (κ3) is 3.26. The van der Waals surface area contributed by atoms with Crippen LogP contribution in [-0.4, -0.2) is 22.0 Å². The lowest BCUT2D eigenvalue weighted by molar-refractivity contribution is 0.484. The van der Waals surface area contributed by atoms with E-state index >= 15 is 0 Å². The Morgan fingerprint density at radius 2 is 1.95 bits per heavy atom. The Balaban J connectivity index is 1.92. The lowest BCUT2D eigenvalue weighted by atomic mass is 10.1. The van der Waals surface area contributed by atoms with Crippen molar-refractivity contribution >= 4 is 32.7 Å². The predicted octanol–water partition coefficient (Wildman–Crippen LogP) is 4.43. The number of benzene rings is 1. The van der Waals surface area contributed by atoms with E-state index in [4.69, 9.17) is 0 Å². The summed E-state index contributed by atoms with van der Waals surface area (Å²) in [5.74, 6) is 0.370. The van der Waals surface area contributed by atoms with E-state index in [0.29, 0.717) is 12.2 Å². The highest BCUT2D eigenvalue weighted by Gasteiger charge is 2.15. The van der Waals surface area contributed by atoms with Gasteiger partial charge >= 0.3 is 0 Å². The third-order valence-electron chi connectivity index (χ3n) is 3.12. The molecule has 0 aliphatic rings. The molecule has 1 atom stereocenters. The first kappa shape index (κ1) is 14.5. The number of nitrogens with zero attached hydrogens (tertiary/aromatic N) is 1. The van der Waals surface area contributed by atoms with Crippen molar-refractivity contribution in [1.29, 1.82) is 0 Å². The van der Waals surface area contributed by atoms with Crippen molar-refractivity contribution < 1.29 is 8.94 Å². The molecule has 1 aromatic carbocycles. The molecule has 0 saturated heterocycles. The minimum absolute atomic E-state index is 0.337. The molecule has 2 aromatic heterocycles. The van der Waals surface area contributed by atoms with Gasteiger partial charge in [0.05, 0.1) is 12.4 Å². The Kier molecular flexibility index (Phi) is 4.53. The minimum Gasteiger partial charge on any atom is -0.611 e. The predicted molar refractivity (Wildman–Crippen MR) is 86.9 cm³/mol. The molecule has 3 rings (SSSR count). The first-order chi connectivity index (χ1) is 10.3. The number of aromatic nitrogens is 1. The van der Waals surface area contributed by atoms with Crippen molar-refractivity contribution in [2.45, 2.75) is 10.6 Å². The van der Waals surface area contributed by atoms with Crippen LogP contribution in [0, 0.1) is 0 Å². The fourth-order valence-corrected chi connectivity index (χ4v) is 4.52. The number of hydrogen-bond acceptors (Lipinski definition) is 3. The van der Waals surface area contributed by atoms with Crippen LogP contribution in [0.2, 0.25) is 0 Å². The van der Waals surface area contributed by atoms with E-state index in [2.05, 4.69) is 4.98 Å². The second-order valence-corrected chi connectivity index (χ2v) is 7.44. The maximum absolute atomic E-state index is 12.2. The maximum atomic E-state index is 12.2. The summed E-state index contributed by atoms with van der Waals surface area (Å²) >= 11 is 0.302. The Morgan fingerprint density at radius 1 is 1.14 bits per heavy atom. The molecule has 0 fully saturated rings. The largest absolute Gasteiger partial charge is 0.611 e. The van der Waals surface area contributed by atoms with Gasteiger partial charge in [-0.15, -0.1) is 0 Å². The number of hydrogen-bond donors (Lipinski definition) is 0. The number of thiophene rings is 1. The molecule has 1 unspecified atom stereocenters. The zero-order valence-electron chi connectivity index (χ0n) is 11.3. The SMILES string of the molecule is [O-][S+](CCCF)c1cc2ccc(-c3ccccc3)nc2s1. The standard InChI is InChI=1S/C16H14FNOS2/c17-9-4-10-21(19)15-11-13-7-8-14(18-16(13)20-15)12-5-2-1-3-6-12/h1-3,5-8,11H,4,9-10H2. The number of pyridine rings is 1. The highest BCUT2D eigenvalue weighted by atomic mass is 32.2. The highest BCUT2D eigenvalue weighted by molar-refractivity contribution is 7.93. The molecule has 0 N–H and O–H groups in total. The molecule has 3 aromatic rings. The van der Waals surface area contributed by atoms with Gasteiger partial charge < -0.3 is 4.55 Å². The van der Waals surface area contributed by atoms with E-state index in [0.717, 1.165) is 25.7 Å². The normalized spacial score (nSPS) is 12.7. The fraction of sp³-hybridized carbons (Fsp3) is 0.188. The summed E-state index contributed by atoms with van der Waals surface area (Å²) in [6.07, 6.45) is 0.337. The summed E-state index contributed by atoms with van der Waals surface area (Å²) in [6, 6.07) is 15.8. The molecule has 0 radical (unpaired) electrons. The third-order valence-corrected chi connectivity index (χ3v) is 5.99. The molecule has 108 valence electrons. The number of fused-ring (bicyclic) bond motifs is 1. The topological polar surface area (TPSA) is 36.0 Å². The average Bonchev–Trinajstić information content (AvgIpc) is 2.96. The molecule has 21 heavy (non-hydrogen) atoms. The van der Waals surface area contributed by atoms with Crippen LogP contribution in [0.3, 0.4) is 0 Å². The average molecular weight is 319 g/mol. The van der Waals surface area contributed by atoms with Gasteiger partial charge in [-0.1, -0.05) is 41.7 Å². The molecular formula is C16H14FNOS2. The van der Waals surface area contributed by atoms with E-state index < -0.39 is 17.9 Å². The monoisotopic (exact) mass is 319 g/mol. The molecule has 2 heterocycles. The van der Waals surface area contributed by atoms with E-state index in [1.165, 1.54) is 11.3 Å². The first-order valence-corrected chi connectivity index (χ1v) is 8.82. The molecule has 0 bridgehead atoms. The zero-order valence-corrected chi connectivity index (χ0v) is 12.9. The summed E-state index contributed by atoms with van der Waals surface area (Å²) in [5.41, 5.74) is 1.97. The van der Waals surface area contributed by atoms with Gasteiger partial charge in [0.1, 0.15) is 10.6 Å². The van der Waals surface area contributed by atoms with Crippen LogP contribution < -0.4 is 0 Å². The molecule has 0 aliphatic heterocycles. The van der Waals surface area contributed by atoms with Gasteiger partial charge in [0.2, 0.25) is 4.21 Å². The van der Waals surface area contributed by atoms with Crippen molar-refractivity contribution in [1.82, 2.24) is 4.98 Å². The van der Waals surface area contributed by atoms with E-state index in [-0.39, 0.29) is 0 Å². The Morgan fingerprint density at radius 3 is 2.71 bits per heavy atom. The van der Waals surface area contributed by atoms with Crippen LogP contribution in [0.4, 0.5) is 4.39 Å². The summed E-state index contributed by atoms with van der Waals surface area (Å²) in [7, 11) is 0. The molecular weight excluding hydrogens is 305 g/mol. The zero-order chi connectivity index (χ0) is 14.7. The fourth-order valence-electron chi connectivity index (χ4n) is 2.06. The molecule has 0 aliphatic carbocycles. The van der Waals surface area contributed by atoms with Crippen molar-refractivity contribution in [2.75, 3.05) is 12.4 Å². The van der Waals surface area contributed by atoms with Gasteiger partial charge in [-0.05, 0) is 23.3 Å². The summed E-state index contributed by atoms with van der Waals surface area (Å²) in [6.45, 7) is -0.424. The Labute approximate surface area is 129 Å². The van der Waals surface area contributed by atoms with Crippen molar-refractivity contribution in [3.63, 3.8) is 0 Å². The number of rotatable bonds is 5. The number of halogens is 1.